The molecular weight excluding hydrogens is 1240 g/mol. The van der Waals surface area contributed by atoms with Crippen molar-refractivity contribution in [3.8, 4) is 0 Å². The molecule has 11 amide bonds. The summed E-state index contributed by atoms with van der Waals surface area (Å²) < 4.78 is 17.9. The second kappa shape index (κ2) is 39.8. The molecule has 27 nitrogen and oxygen atoms in total. The summed E-state index contributed by atoms with van der Waals surface area (Å²) in [6.07, 6.45) is -3.97. The molecule has 2 heterocycles. The quantitative estimate of drug-likeness (QED) is 0.0427. The Balaban J connectivity index is 1.42. The number of ether oxygens (including phenoxy) is 3. The number of primary amides is 1. The Morgan fingerprint density at radius 1 is 0.677 bits per heavy atom. The van der Waals surface area contributed by atoms with Crippen molar-refractivity contribution >= 4 is 64.9 Å². The number of benzene rings is 2. The van der Waals surface area contributed by atoms with Crippen LogP contribution in [0, 0.1) is 29.6 Å². The summed E-state index contributed by atoms with van der Waals surface area (Å²) in [5, 5.41) is 43.4. The molecule has 4 rings (SSSR count). The highest BCUT2D eigenvalue weighted by Crippen LogP contribution is 2.31. The number of rotatable bonds is 39. The number of aliphatic hydroxyl groups excluding tert-OH is 2. The van der Waals surface area contributed by atoms with Gasteiger partial charge in [-0.05, 0) is 93.1 Å². The van der Waals surface area contributed by atoms with Crippen molar-refractivity contribution < 1.29 is 72.4 Å². The number of methoxy groups -OCH3 is 2. The van der Waals surface area contributed by atoms with Gasteiger partial charge in [0.05, 0.1) is 55.2 Å². The minimum Gasteiger partial charge on any atom is -0.388 e. The summed E-state index contributed by atoms with van der Waals surface area (Å²) in [6, 6.07) is 9.72. The Bertz CT molecular complexity index is 2840. The van der Waals surface area contributed by atoms with Crippen LogP contribution in [0.4, 0.5) is 10.5 Å². The van der Waals surface area contributed by atoms with E-state index < -0.39 is 133 Å². The Hall–Kier alpha value is -7.30. The van der Waals surface area contributed by atoms with Crippen LogP contribution in [0.1, 0.15) is 132 Å². The van der Waals surface area contributed by atoms with Gasteiger partial charge in [0.15, 0.2) is 0 Å². The molecule has 96 heavy (non-hydrogen) atoms. The summed E-state index contributed by atoms with van der Waals surface area (Å²) in [5.41, 5.74) is 7.23. The number of hydrogen-bond acceptors (Lipinski definition) is 16. The molecule has 0 aliphatic carbocycles. The average molecular weight is 1350 g/mol. The molecule has 9 unspecified atom stereocenters. The first-order valence-corrected chi connectivity index (χ1v) is 33.9. The van der Waals surface area contributed by atoms with Crippen LogP contribution in [-0.2, 0) is 70.2 Å². The van der Waals surface area contributed by atoms with Crippen LogP contribution in [-0.4, -0.2) is 225 Å². The zero-order valence-corrected chi connectivity index (χ0v) is 59.1. The maximum absolute atomic E-state index is 14.6. The van der Waals surface area contributed by atoms with Crippen molar-refractivity contribution in [2.45, 2.75) is 212 Å². The standard InChI is InChI=1S/C69H112N12O15/c1-16-42(9)59(80(13)68(92)57(40(5)6)78-67(91)58(41(7)8)79(11)12)50(94-14)37-55(84)81-34-22-26-49(81)62(95-15)43(10)63(87)76-48(35-45-23-19-18-20-24-45)64(88)71-33-31-44-27-29-46(30-28-44)74-65(89)47(25-21-32-72-69(70)93)75-66(90)56(39(3)4)77-54(83)36-51-60(85)61(86)52(96-51)38-73-53(82)17-2/h18-20,23-24,27-30,39-43,47-52,56-62,85-86H,16-17,21-22,25-26,31-38H2,1-15H3,(H,71,88)(H,73,82)(H,74,89)(H,75,90)(H,76,87)(H,77,83)(H,78,91)(H3,70,72,93)/t42?,43?,47?,48-,49-,50?,51-,52+,56+,57-,58?,59?,60?,61?,62?/m0/s1. The van der Waals surface area contributed by atoms with Crippen molar-refractivity contribution in [3.05, 3.63) is 65.7 Å². The number of nitrogens with zero attached hydrogens (tertiary/aromatic N) is 3. The number of aliphatic hydroxyl groups is 2. The number of carbonyl (C=O) groups excluding carboxylic acids is 10. The summed E-state index contributed by atoms with van der Waals surface area (Å²) in [6.45, 7) is 19.1. The number of urea groups is 1. The number of hydrogen-bond donors (Lipinski definition) is 11. The molecule has 12 N–H and O–H groups in total. The Morgan fingerprint density at radius 3 is 1.89 bits per heavy atom. The van der Waals surface area contributed by atoms with E-state index in [0.29, 0.717) is 37.9 Å². The fourth-order valence-corrected chi connectivity index (χ4v) is 12.7. The lowest BCUT2D eigenvalue weighted by Crippen LogP contribution is -2.59. The van der Waals surface area contributed by atoms with Crippen LogP contribution in [0.5, 0.6) is 0 Å². The number of anilines is 1. The minimum absolute atomic E-state index is 0.00668. The summed E-state index contributed by atoms with van der Waals surface area (Å²) in [7, 11) is 8.40. The van der Waals surface area contributed by atoms with E-state index in [9.17, 15) is 58.2 Å². The SMILES string of the molecule is CCC(=O)NC[C@H]1O[C@@H](CC(=O)N[C@@H](C(=O)NC(CCCNC(N)=O)C(=O)Nc2ccc(CCNC(=O)[C@H](Cc3ccccc3)NC(=O)C(C)C(OC)[C@@H]3CCCN3C(=O)CC(OC)C(C(C)CC)N(C)C(=O)[C@@H](NC(=O)C(C(C)C)N(C)C)C(C)C)cc2)C(C)C)C(O)C1O. The van der Waals surface area contributed by atoms with Crippen molar-refractivity contribution in [1.29, 1.82) is 0 Å². The first-order valence-electron chi connectivity index (χ1n) is 33.9. The van der Waals surface area contributed by atoms with Gasteiger partial charge in [0.2, 0.25) is 53.2 Å². The van der Waals surface area contributed by atoms with Gasteiger partial charge >= 0.3 is 6.03 Å². The molecule has 2 aromatic rings. The van der Waals surface area contributed by atoms with E-state index in [-0.39, 0.29) is 93.1 Å². The van der Waals surface area contributed by atoms with Gasteiger partial charge in [0, 0.05) is 66.0 Å². The number of amides is 11. The number of likely N-dealkylation sites (N-methyl/N-ethyl adjacent to an activating group) is 2. The van der Waals surface area contributed by atoms with E-state index in [1.807, 2.05) is 90.9 Å². The highest BCUT2D eigenvalue weighted by Gasteiger charge is 2.46. The molecule has 15 atom stereocenters. The summed E-state index contributed by atoms with van der Waals surface area (Å²) in [5.74, 6) is -5.52. The van der Waals surface area contributed by atoms with E-state index in [1.54, 1.807) is 68.8 Å². The molecule has 2 aliphatic rings. The molecule has 2 aliphatic heterocycles. The Kier molecular flexibility index (Phi) is 33.6. The van der Waals surface area contributed by atoms with Gasteiger partial charge in [0.1, 0.15) is 42.5 Å². The molecule has 27 heteroatoms. The van der Waals surface area contributed by atoms with Crippen LogP contribution in [0.15, 0.2) is 54.6 Å². The topological polar surface area (TPSA) is 371 Å². The summed E-state index contributed by atoms with van der Waals surface area (Å²) >= 11 is 0. The van der Waals surface area contributed by atoms with E-state index in [4.69, 9.17) is 19.9 Å². The molecule has 538 valence electrons. The molecule has 0 spiro atoms. The van der Waals surface area contributed by atoms with Gasteiger partial charge < -0.3 is 82.5 Å². The molecule has 0 bridgehead atoms. The third kappa shape index (κ3) is 24.1. The highest BCUT2D eigenvalue weighted by atomic mass is 16.5. The third-order valence-electron chi connectivity index (χ3n) is 18.3. The molecule has 2 saturated heterocycles. The Labute approximate surface area is 567 Å². The lowest BCUT2D eigenvalue weighted by Gasteiger charge is -2.41. The van der Waals surface area contributed by atoms with Crippen molar-refractivity contribution in [1.82, 2.24) is 51.9 Å². The third-order valence-corrected chi connectivity index (χ3v) is 18.3. The summed E-state index contributed by atoms with van der Waals surface area (Å²) in [4.78, 5) is 141. The predicted octanol–water partition coefficient (Wildman–Crippen LogP) is 2.14. The number of likely N-dealkylation sites (tertiary alicyclic amines) is 1. The fourth-order valence-electron chi connectivity index (χ4n) is 12.7. The maximum Gasteiger partial charge on any atom is 0.312 e. The first kappa shape index (κ1) is 81.1. The molecule has 0 saturated carbocycles. The van der Waals surface area contributed by atoms with Crippen LogP contribution >= 0.6 is 0 Å². The lowest BCUT2D eigenvalue weighted by atomic mass is 9.89. The van der Waals surface area contributed by atoms with E-state index in [1.165, 1.54) is 14.2 Å². The van der Waals surface area contributed by atoms with E-state index >= 15 is 0 Å². The molecule has 0 radical (unpaired) electrons. The van der Waals surface area contributed by atoms with Crippen molar-refractivity contribution in [2.24, 2.45) is 35.3 Å². The van der Waals surface area contributed by atoms with Crippen molar-refractivity contribution in [2.75, 3.05) is 66.9 Å². The number of nitrogens with one attached hydrogen (secondary N) is 8. The predicted molar refractivity (Wildman–Crippen MR) is 363 cm³/mol. The lowest BCUT2D eigenvalue weighted by molar-refractivity contribution is -0.148. The molecule has 2 fully saturated rings. The van der Waals surface area contributed by atoms with Crippen LogP contribution in [0.2, 0.25) is 0 Å². The first-order chi connectivity index (χ1) is 45.4. The number of carbonyl (C=O) groups is 10. The zero-order chi connectivity index (χ0) is 71.7. The van der Waals surface area contributed by atoms with Gasteiger partial charge in [-0.25, -0.2) is 4.79 Å². The highest BCUT2D eigenvalue weighted by molar-refractivity contribution is 5.98. The van der Waals surface area contributed by atoms with Crippen LogP contribution in [0.3, 0.4) is 0 Å². The molecular formula is C69H112N12O15. The van der Waals surface area contributed by atoms with Gasteiger partial charge in [-0.3, -0.25) is 48.1 Å². The molecule has 0 aromatic heterocycles. The van der Waals surface area contributed by atoms with Gasteiger partial charge in [-0.15, -0.1) is 0 Å². The maximum atomic E-state index is 14.6. The van der Waals surface area contributed by atoms with Crippen LogP contribution in [0.25, 0.3) is 0 Å². The number of nitrogens with two attached hydrogens (primary N) is 1. The second-order valence-electron chi connectivity index (χ2n) is 26.8. The largest absolute Gasteiger partial charge is 0.388 e. The van der Waals surface area contributed by atoms with Crippen LogP contribution < -0.4 is 48.3 Å². The minimum atomic E-state index is -1.44. The normalized spacial score (nSPS) is 20.2. The van der Waals surface area contributed by atoms with Crippen molar-refractivity contribution in [3.63, 3.8) is 0 Å². The Morgan fingerprint density at radius 2 is 1.31 bits per heavy atom. The van der Waals surface area contributed by atoms with Gasteiger partial charge in [-0.2, -0.15) is 0 Å². The molecule has 2 aromatic carbocycles. The van der Waals surface area contributed by atoms with E-state index in [2.05, 4.69) is 42.5 Å². The van der Waals surface area contributed by atoms with Gasteiger partial charge in [-0.1, -0.05) is 118 Å². The zero-order valence-electron chi connectivity index (χ0n) is 59.1. The van der Waals surface area contributed by atoms with Gasteiger partial charge in [0.25, 0.3) is 0 Å². The monoisotopic (exact) mass is 1350 g/mol. The average Bonchev–Trinajstić information content (AvgIpc) is 1.44. The second-order valence-corrected chi connectivity index (χ2v) is 26.8. The smallest absolute Gasteiger partial charge is 0.312 e. The van der Waals surface area contributed by atoms with E-state index in [0.717, 1.165) is 11.1 Å². The fraction of sp³-hybridized carbons (Fsp3) is 0.681.